The lowest BCUT2D eigenvalue weighted by Gasteiger charge is -2.33. The molecule has 0 bridgehead atoms. The summed E-state index contributed by atoms with van der Waals surface area (Å²) in [4.78, 5) is 31.0. The Morgan fingerprint density at radius 2 is 1.90 bits per heavy atom. The third kappa shape index (κ3) is 3.42. The second-order valence-electron chi connectivity index (χ2n) is 6.48. The van der Waals surface area contributed by atoms with Crippen LogP contribution in [0.2, 0.25) is 0 Å². The Balaban J connectivity index is 1.69. The molecule has 0 radical (unpaired) electrons. The molecule has 1 N–H and O–H groups in total. The molecule has 29 heavy (non-hydrogen) atoms. The number of hydrogen-bond donors (Lipinski definition) is 1. The molecule has 2 aromatic carbocycles. The van der Waals surface area contributed by atoms with Gasteiger partial charge in [-0.1, -0.05) is 12.1 Å². The van der Waals surface area contributed by atoms with Gasteiger partial charge in [-0.15, -0.1) is 5.10 Å². The fourth-order valence-electron chi connectivity index (χ4n) is 3.15. The minimum atomic E-state index is -0.848. The number of nitrogens with zero attached hydrogens (tertiary/aromatic N) is 4. The number of hydrogen-bond acceptors (Lipinski definition) is 5. The molecule has 4 rings (SSSR count). The van der Waals surface area contributed by atoms with Crippen LogP contribution < -0.4 is 15.0 Å². The highest BCUT2D eigenvalue weighted by atomic mass is 19.1. The van der Waals surface area contributed by atoms with E-state index < -0.39 is 12.0 Å². The summed E-state index contributed by atoms with van der Waals surface area (Å²) in [5, 5.41) is 6.83. The summed E-state index contributed by atoms with van der Waals surface area (Å²) in [7, 11) is 1.51. The van der Waals surface area contributed by atoms with Crippen molar-refractivity contribution in [2.45, 2.75) is 13.0 Å². The van der Waals surface area contributed by atoms with E-state index in [1.165, 1.54) is 28.8 Å². The molecule has 1 atom stereocenters. The maximum atomic E-state index is 13.2. The average Bonchev–Trinajstić information content (AvgIpc) is 3.14. The maximum absolute atomic E-state index is 13.2. The van der Waals surface area contributed by atoms with Crippen molar-refractivity contribution in [3.63, 3.8) is 0 Å². The summed E-state index contributed by atoms with van der Waals surface area (Å²) in [5.74, 6) is -0.288. The number of para-hydroxylation sites is 2. The Bertz CT molecular complexity index is 1080. The van der Waals surface area contributed by atoms with Crippen molar-refractivity contribution in [3.05, 3.63) is 66.0 Å². The number of fused-ring (bicyclic) bond motifs is 1. The second-order valence-corrected chi connectivity index (χ2v) is 6.48. The third-order valence-corrected chi connectivity index (χ3v) is 4.59. The van der Waals surface area contributed by atoms with Gasteiger partial charge in [-0.3, -0.25) is 14.5 Å². The van der Waals surface area contributed by atoms with Crippen LogP contribution in [-0.4, -0.2) is 46.3 Å². The van der Waals surface area contributed by atoms with Crippen molar-refractivity contribution in [1.82, 2.24) is 20.1 Å². The van der Waals surface area contributed by atoms with Crippen molar-refractivity contribution in [2.24, 2.45) is 0 Å². The quantitative estimate of drug-likeness (QED) is 0.731. The minimum absolute atomic E-state index is 0.0274. The first-order chi connectivity index (χ1) is 14.0. The number of benzene rings is 2. The average molecular weight is 395 g/mol. The molecular formula is C20H18FN5O3. The van der Waals surface area contributed by atoms with Gasteiger partial charge < -0.3 is 10.1 Å². The molecule has 2 amide bonds. The summed E-state index contributed by atoms with van der Waals surface area (Å²) in [6.07, 6.45) is -0.848. The van der Waals surface area contributed by atoms with Gasteiger partial charge in [-0.25, -0.2) is 14.1 Å². The first-order valence-corrected chi connectivity index (χ1v) is 8.96. The Labute approximate surface area is 165 Å². The molecular weight excluding hydrogens is 377 g/mol. The van der Waals surface area contributed by atoms with Crippen LogP contribution in [0.5, 0.6) is 5.75 Å². The molecule has 2 heterocycles. The predicted molar refractivity (Wildman–Crippen MR) is 103 cm³/mol. The number of likely N-dealkylation sites (N-methyl/N-ethyl adjacent to an activating group) is 1. The lowest BCUT2D eigenvalue weighted by molar-refractivity contribution is -0.127. The highest BCUT2D eigenvalue weighted by Gasteiger charge is 2.35. The third-order valence-electron chi connectivity index (χ3n) is 4.59. The van der Waals surface area contributed by atoms with E-state index in [1.54, 1.807) is 43.3 Å². The number of nitrogens with one attached hydrogen (secondary N) is 1. The molecule has 0 saturated heterocycles. The van der Waals surface area contributed by atoms with Crippen molar-refractivity contribution in [3.8, 4) is 11.4 Å². The lowest BCUT2D eigenvalue weighted by Crippen LogP contribution is -2.50. The van der Waals surface area contributed by atoms with Crippen molar-refractivity contribution in [1.29, 1.82) is 0 Å². The molecule has 1 aromatic heterocycles. The molecule has 8 nitrogen and oxygen atoms in total. The summed E-state index contributed by atoms with van der Waals surface area (Å²) in [5.41, 5.74) is 1.12. The van der Waals surface area contributed by atoms with Gasteiger partial charge in [0, 0.05) is 7.05 Å². The zero-order valence-electron chi connectivity index (χ0n) is 15.8. The summed E-state index contributed by atoms with van der Waals surface area (Å²) >= 11 is 0. The highest BCUT2D eigenvalue weighted by Crippen LogP contribution is 2.33. The van der Waals surface area contributed by atoms with E-state index in [4.69, 9.17) is 4.74 Å². The largest absolute Gasteiger partial charge is 0.477 e. The number of aryl methyl sites for hydroxylation is 1. The predicted octanol–water partition coefficient (Wildman–Crippen LogP) is 1.87. The van der Waals surface area contributed by atoms with E-state index in [0.29, 0.717) is 22.9 Å². The van der Waals surface area contributed by atoms with E-state index in [9.17, 15) is 14.0 Å². The zero-order valence-corrected chi connectivity index (χ0v) is 15.8. The lowest BCUT2D eigenvalue weighted by atomic mass is 10.1. The van der Waals surface area contributed by atoms with Crippen molar-refractivity contribution in [2.75, 3.05) is 18.5 Å². The number of carbonyl (C=O) groups is 2. The van der Waals surface area contributed by atoms with Crippen LogP contribution in [0.15, 0.2) is 48.5 Å². The first kappa shape index (κ1) is 18.6. The van der Waals surface area contributed by atoms with Crippen molar-refractivity contribution >= 4 is 17.5 Å². The molecule has 148 valence electrons. The molecule has 1 aliphatic heterocycles. The molecule has 0 saturated carbocycles. The monoisotopic (exact) mass is 395 g/mol. The van der Waals surface area contributed by atoms with Gasteiger partial charge in [0.1, 0.15) is 17.4 Å². The standard InChI is InChI=1S/C20H18FN5O3/c1-12-23-18(24-26(12)14-9-7-13(21)8-10-14)20(28)25-11-17(19(27)22-2)29-16-6-4-3-5-15(16)25/h3-10,17H,11H2,1-2H3,(H,22,27)/t17-/m1/s1. The normalized spacial score (nSPS) is 15.4. The van der Waals surface area contributed by atoms with Gasteiger partial charge in [0.2, 0.25) is 5.82 Å². The van der Waals surface area contributed by atoms with E-state index in [-0.39, 0.29) is 24.1 Å². The molecule has 0 spiro atoms. The number of amides is 2. The number of rotatable bonds is 3. The topological polar surface area (TPSA) is 89.4 Å². The number of halogens is 1. The van der Waals surface area contributed by atoms with Gasteiger partial charge in [0.25, 0.3) is 11.8 Å². The summed E-state index contributed by atoms with van der Waals surface area (Å²) in [6.45, 7) is 1.73. The van der Waals surface area contributed by atoms with E-state index in [2.05, 4.69) is 15.4 Å². The van der Waals surface area contributed by atoms with Crippen LogP contribution in [0.4, 0.5) is 10.1 Å². The number of aromatic nitrogens is 3. The molecule has 0 fully saturated rings. The van der Waals surface area contributed by atoms with Crippen LogP contribution in [0.1, 0.15) is 16.4 Å². The summed E-state index contributed by atoms with van der Waals surface area (Å²) < 4.78 is 20.4. The molecule has 9 heteroatoms. The molecule has 0 unspecified atom stereocenters. The van der Waals surface area contributed by atoms with Gasteiger partial charge >= 0.3 is 0 Å². The number of ether oxygens (including phenoxy) is 1. The maximum Gasteiger partial charge on any atom is 0.298 e. The number of anilines is 1. The van der Waals surface area contributed by atoms with Crippen LogP contribution in [0.25, 0.3) is 5.69 Å². The van der Waals surface area contributed by atoms with Crippen LogP contribution in [-0.2, 0) is 4.79 Å². The fraction of sp³-hybridized carbons (Fsp3) is 0.200. The number of carbonyl (C=O) groups excluding carboxylic acids is 2. The Morgan fingerprint density at radius 3 is 2.62 bits per heavy atom. The van der Waals surface area contributed by atoms with E-state index in [1.807, 2.05) is 0 Å². The molecule has 1 aliphatic rings. The van der Waals surface area contributed by atoms with Crippen molar-refractivity contribution < 1.29 is 18.7 Å². The molecule has 0 aliphatic carbocycles. The van der Waals surface area contributed by atoms with Crippen LogP contribution in [0, 0.1) is 12.7 Å². The van der Waals surface area contributed by atoms with Crippen LogP contribution >= 0.6 is 0 Å². The Morgan fingerprint density at radius 1 is 1.17 bits per heavy atom. The summed E-state index contributed by atoms with van der Waals surface area (Å²) in [6, 6.07) is 12.7. The molecule has 3 aromatic rings. The SMILES string of the molecule is CNC(=O)[C@H]1CN(C(=O)c2nc(C)n(-c3ccc(F)cc3)n2)c2ccccc2O1. The van der Waals surface area contributed by atoms with Gasteiger partial charge in [0.05, 0.1) is 17.9 Å². The highest BCUT2D eigenvalue weighted by molar-refractivity contribution is 6.05. The van der Waals surface area contributed by atoms with E-state index in [0.717, 1.165) is 0 Å². The smallest absolute Gasteiger partial charge is 0.298 e. The van der Waals surface area contributed by atoms with Gasteiger partial charge in [-0.05, 0) is 43.3 Å². The Kier molecular flexibility index (Phi) is 4.71. The zero-order chi connectivity index (χ0) is 20.5. The van der Waals surface area contributed by atoms with E-state index >= 15 is 0 Å². The van der Waals surface area contributed by atoms with Gasteiger partial charge in [0.15, 0.2) is 6.10 Å². The van der Waals surface area contributed by atoms with Gasteiger partial charge in [-0.2, -0.15) is 0 Å². The fourth-order valence-corrected chi connectivity index (χ4v) is 3.15. The first-order valence-electron chi connectivity index (χ1n) is 8.96. The van der Waals surface area contributed by atoms with Crippen LogP contribution in [0.3, 0.4) is 0 Å². The minimum Gasteiger partial charge on any atom is -0.477 e. The Hall–Kier alpha value is -3.75. The second kappa shape index (κ2) is 7.34.